The molecular weight excluding hydrogens is 376 g/mol. The van der Waals surface area contributed by atoms with E-state index in [0.29, 0.717) is 19.6 Å². The summed E-state index contributed by atoms with van der Waals surface area (Å²) in [6.45, 7) is 3.62. The number of carbonyl (C=O) groups is 1. The fourth-order valence-electron chi connectivity index (χ4n) is 2.72. The SMILES string of the molecule is O=C(c1ccc(Br)cc1)N1CCN(CC(O)c2cccs2)CC1. The molecule has 3 rings (SSSR count). The summed E-state index contributed by atoms with van der Waals surface area (Å²) in [5, 5.41) is 12.2. The zero-order valence-corrected chi connectivity index (χ0v) is 15.1. The minimum absolute atomic E-state index is 0.0796. The minimum atomic E-state index is -0.441. The highest BCUT2D eigenvalue weighted by Gasteiger charge is 2.23. The zero-order valence-electron chi connectivity index (χ0n) is 12.7. The lowest BCUT2D eigenvalue weighted by Gasteiger charge is -2.35. The van der Waals surface area contributed by atoms with E-state index >= 15 is 0 Å². The van der Waals surface area contributed by atoms with Crippen molar-refractivity contribution in [1.29, 1.82) is 0 Å². The average molecular weight is 395 g/mol. The number of β-amino-alcohol motifs (C(OH)–C–C–N with tert-alkyl or cyclic N) is 1. The Morgan fingerprint density at radius 2 is 1.87 bits per heavy atom. The van der Waals surface area contributed by atoms with Gasteiger partial charge in [-0.15, -0.1) is 11.3 Å². The fraction of sp³-hybridized carbons (Fsp3) is 0.353. The average Bonchev–Trinajstić information content (AvgIpc) is 3.10. The van der Waals surface area contributed by atoms with Crippen LogP contribution < -0.4 is 0 Å². The lowest BCUT2D eigenvalue weighted by molar-refractivity contribution is 0.0533. The highest BCUT2D eigenvalue weighted by atomic mass is 79.9. The summed E-state index contributed by atoms with van der Waals surface area (Å²) in [5.74, 6) is 0.0796. The molecule has 1 N–H and O–H groups in total. The summed E-state index contributed by atoms with van der Waals surface area (Å²) in [4.78, 5) is 17.6. The van der Waals surface area contributed by atoms with Crippen molar-refractivity contribution in [3.8, 4) is 0 Å². The van der Waals surface area contributed by atoms with E-state index in [1.165, 1.54) is 0 Å². The van der Waals surface area contributed by atoms with Gasteiger partial charge in [-0.2, -0.15) is 0 Å². The first-order valence-electron chi connectivity index (χ1n) is 7.62. The molecule has 0 saturated carbocycles. The molecule has 1 aromatic heterocycles. The van der Waals surface area contributed by atoms with E-state index in [1.807, 2.05) is 46.7 Å². The predicted octanol–water partition coefficient (Wildman–Crippen LogP) is 3.00. The summed E-state index contributed by atoms with van der Waals surface area (Å²) in [6, 6.07) is 11.4. The van der Waals surface area contributed by atoms with Gasteiger partial charge in [-0.1, -0.05) is 22.0 Å². The van der Waals surface area contributed by atoms with Crippen molar-refractivity contribution < 1.29 is 9.90 Å². The Balaban J connectivity index is 1.52. The Morgan fingerprint density at radius 1 is 1.17 bits per heavy atom. The van der Waals surface area contributed by atoms with E-state index in [0.717, 1.165) is 28.0 Å². The largest absolute Gasteiger partial charge is 0.386 e. The number of benzene rings is 1. The molecular formula is C17H19BrN2O2S. The second kappa shape index (κ2) is 7.57. The summed E-state index contributed by atoms with van der Waals surface area (Å²) in [5.41, 5.74) is 0.722. The van der Waals surface area contributed by atoms with E-state index in [-0.39, 0.29) is 5.91 Å². The van der Waals surface area contributed by atoms with Crippen LogP contribution in [0.1, 0.15) is 21.3 Å². The smallest absolute Gasteiger partial charge is 0.253 e. The Kier molecular flexibility index (Phi) is 5.48. The van der Waals surface area contributed by atoms with Gasteiger partial charge < -0.3 is 10.0 Å². The number of aliphatic hydroxyl groups is 1. The number of rotatable bonds is 4. The lowest BCUT2D eigenvalue weighted by atomic mass is 10.1. The number of carbonyl (C=O) groups excluding carboxylic acids is 1. The van der Waals surface area contributed by atoms with Crippen LogP contribution in [0.3, 0.4) is 0 Å². The first-order chi connectivity index (χ1) is 11.1. The van der Waals surface area contributed by atoms with Crippen molar-refractivity contribution in [3.05, 3.63) is 56.7 Å². The van der Waals surface area contributed by atoms with Crippen molar-refractivity contribution in [2.24, 2.45) is 0 Å². The summed E-state index contributed by atoms with van der Waals surface area (Å²) in [6.07, 6.45) is -0.441. The van der Waals surface area contributed by atoms with Crippen molar-refractivity contribution in [1.82, 2.24) is 9.80 Å². The topological polar surface area (TPSA) is 43.8 Å². The number of hydrogen-bond donors (Lipinski definition) is 1. The molecule has 0 radical (unpaired) electrons. The normalized spacial score (nSPS) is 17.2. The standard InChI is InChI=1S/C17H19BrN2O2S/c18-14-5-3-13(4-6-14)17(22)20-9-7-19(8-10-20)12-15(21)16-2-1-11-23-16/h1-6,11,15,21H,7-10,12H2. The molecule has 23 heavy (non-hydrogen) atoms. The molecule has 1 aromatic carbocycles. The Bertz CT molecular complexity index is 637. The quantitative estimate of drug-likeness (QED) is 0.866. The molecule has 0 bridgehead atoms. The van der Waals surface area contributed by atoms with Gasteiger partial charge in [0.1, 0.15) is 6.10 Å². The van der Waals surface area contributed by atoms with Crippen molar-refractivity contribution in [2.75, 3.05) is 32.7 Å². The fourth-order valence-corrected chi connectivity index (χ4v) is 3.69. The molecule has 1 amide bonds. The van der Waals surface area contributed by atoms with Gasteiger partial charge in [0.2, 0.25) is 0 Å². The van der Waals surface area contributed by atoms with Crippen LogP contribution in [-0.4, -0.2) is 53.5 Å². The lowest BCUT2D eigenvalue weighted by Crippen LogP contribution is -2.49. The second-order valence-electron chi connectivity index (χ2n) is 5.63. The summed E-state index contributed by atoms with van der Waals surface area (Å²) < 4.78 is 0.974. The van der Waals surface area contributed by atoms with Crippen LogP contribution in [0.25, 0.3) is 0 Å². The first kappa shape index (κ1) is 16.6. The molecule has 2 heterocycles. The zero-order chi connectivity index (χ0) is 16.2. The molecule has 1 aliphatic heterocycles. The summed E-state index contributed by atoms with van der Waals surface area (Å²) in [7, 11) is 0. The highest BCUT2D eigenvalue weighted by molar-refractivity contribution is 9.10. The van der Waals surface area contributed by atoms with Gasteiger partial charge in [0.25, 0.3) is 5.91 Å². The number of thiophene rings is 1. The van der Waals surface area contributed by atoms with Gasteiger partial charge in [-0.05, 0) is 35.7 Å². The number of amides is 1. The first-order valence-corrected chi connectivity index (χ1v) is 9.29. The van der Waals surface area contributed by atoms with Gasteiger partial charge in [-0.3, -0.25) is 9.69 Å². The maximum absolute atomic E-state index is 12.5. The van der Waals surface area contributed by atoms with Gasteiger partial charge in [0.15, 0.2) is 0 Å². The third-order valence-electron chi connectivity index (χ3n) is 4.05. The van der Waals surface area contributed by atoms with Gasteiger partial charge in [-0.25, -0.2) is 0 Å². The monoisotopic (exact) mass is 394 g/mol. The van der Waals surface area contributed by atoms with Gasteiger partial charge >= 0.3 is 0 Å². The highest BCUT2D eigenvalue weighted by Crippen LogP contribution is 2.20. The number of piperazine rings is 1. The summed E-state index contributed by atoms with van der Waals surface area (Å²) >= 11 is 4.96. The Hall–Kier alpha value is -1.21. The molecule has 4 nitrogen and oxygen atoms in total. The molecule has 2 aromatic rings. The van der Waals surface area contributed by atoms with Crippen molar-refractivity contribution >= 4 is 33.2 Å². The minimum Gasteiger partial charge on any atom is -0.386 e. The molecule has 0 aliphatic carbocycles. The van der Waals surface area contributed by atoms with E-state index in [1.54, 1.807) is 11.3 Å². The van der Waals surface area contributed by atoms with E-state index < -0.39 is 6.10 Å². The molecule has 1 unspecified atom stereocenters. The van der Waals surface area contributed by atoms with Crippen LogP contribution in [-0.2, 0) is 0 Å². The van der Waals surface area contributed by atoms with Crippen LogP contribution >= 0.6 is 27.3 Å². The van der Waals surface area contributed by atoms with Crippen LogP contribution in [0, 0.1) is 0 Å². The molecule has 122 valence electrons. The molecule has 0 spiro atoms. The third-order valence-corrected chi connectivity index (χ3v) is 5.56. The molecule has 1 atom stereocenters. The predicted molar refractivity (Wildman–Crippen MR) is 95.8 cm³/mol. The van der Waals surface area contributed by atoms with E-state index in [4.69, 9.17) is 0 Å². The molecule has 1 fully saturated rings. The van der Waals surface area contributed by atoms with Gasteiger partial charge in [0, 0.05) is 47.6 Å². The van der Waals surface area contributed by atoms with Crippen LogP contribution in [0.15, 0.2) is 46.3 Å². The van der Waals surface area contributed by atoms with Crippen LogP contribution in [0.4, 0.5) is 0 Å². The molecule has 6 heteroatoms. The Labute approximate surface area is 148 Å². The van der Waals surface area contributed by atoms with Gasteiger partial charge in [0.05, 0.1) is 0 Å². The number of nitrogens with zero attached hydrogens (tertiary/aromatic N) is 2. The number of aliphatic hydroxyl groups excluding tert-OH is 1. The second-order valence-corrected chi connectivity index (χ2v) is 7.53. The van der Waals surface area contributed by atoms with Crippen molar-refractivity contribution in [3.63, 3.8) is 0 Å². The van der Waals surface area contributed by atoms with Crippen molar-refractivity contribution in [2.45, 2.75) is 6.10 Å². The molecule has 1 aliphatic rings. The maximum atomic E-state index is 12.5. The Morgan fingerprint density at radius 3 is 2.48 bits per heavy atom. The number of halogens is 1. The third kappa shape index (κ3) is 4.20. The maximum Gasteiger partial charge on any atom is 0.253 e. The number of hydrogen-bond acceptors (Lipinski definition) is 4. The van der Waals surface area contributed by atoms with E-state index in [2.05, 4.69) is 20.8 Å². The van der Waals surface area contributed by atoms with Crippen LogP contribution in [0.5, 0.6) is 0 Å². The van der Waals surface area contributed by atoms with Crippen LogP contribution in [0.2, 0.25) is 0 Å². The van der Waals surface area contributed by atoms with E-state index in [9.17, 15) is 9.90 Å². The molecule has 1 saturated heterocycles.